The quantitative estimate of drug-likeness (QED) is 0.240. The monoisotopic (exact) mass is 456 g/mol. The van der Waals surface area contributed by atoms with Gasteiger partial charge >= 0.3 is 5.97 Å². The fraction of sp³-hybridized carbons (Fsp3) is 0.600. The third-order valence-corrected chi connectivity index (χ3v) is 6.88. The van der Waals surface area contributed by atoms with Crippen LogP contribution in [0.4, 0.5) is 5.82 Å². The molecule has 0 spiro atoms. The standard InChI is InChI=1S/C20H29ClN4O2S2/c1-4-5-6-7-8-10-25(17-12-16(21)22-14-23-17)11-9-15-13-28-19(24-15)29-20(2,3)18(26)27/h12-14H,4-11H2,1-3H3,(H,26,27). The van der Waals surface area contributed by atoms with E-state index in [4.69, 9.17) is 11.6 Å². The van der Waals surface area contributed by atoms with Crippen LogP contribution >= 0.6 is 34.7 Å². The minimum absolute atomic E-state index is 0.439. The van der Waals surface area contributed by atoms with Crippen molar-refractivity contribution in [3.63, 3.8) is 0 Å². The minimum Gasteiger partial charge on any atom is -0.480 e. The Morgan fingerprint density at radius 2 is 2.00 bits per heavy atom. The van der Waals surface area contributed by atoms with Crippen molar-refractivity contribution in [3.05, 3.63) is 28.6 Å². The van der Waals surface area contributed by atoms with E-state index in [0.717, 1.165) is 41.8 Å². The molecule has 0 saturated heterocycles. The molecule has 2 aromatic heterocycles. The van der Waals surface area contributed by atoms with Gasteiger partial charge in [0, 0.05) is 31.0 Å². The lowest BCUT2D eigenvalue weighted by atomic mass is 10.1. The van der Waals surface area contributed by atoms with Crippen molar-refractivity contribution >= 4 is 46.5 Å². The summed E-state index contributed by atoms with van der Waals surface area (Å²) < 4.78 is -0.110. The maximum Gasteiger partial charge on any atom is 0.319 e. The zero-order valence-electron chi connectivity index (χ0n) is 17.2. The van der Waals surface area contributed by atoms with Crippen LogP contribution in [0.3, 0.4) is 0 Å². The van der Waals surface area contributed by atoms with Gasteiger partial charge in [-0.05, 0) is 20.3 Å². The average Bonchev–Trinajstić information content (AvgIpc) is 3.10. The Labute approximate surface area is 186 Å². The molecule has 0 aromatic carbocycles. The van der Waals surface area contributed by atoms with Gasteiger partial charge in [-0.1, -0.05) is 56.0 Å². The number of thiazole rings is 1. The van der Waals surface area contributed by atoms with Gasteiger partial charge in [-0.3, -0.25) is 4.79 Å². The molecule has 6 nitrogen and oxygen atoms in total. The summed E-state index contributed by atoms with van der Waals surface area (Å²) in [6.07, 6.45) is 8.31. The first-order valence-corrected chi connectivity index (χ1v) is 12.0. The fourth-order valence-electron chi connectivity index (χ4n) is 2.71. The van der Waals surface area contributed by atoms with Gasteiger partial charge in [-0.25, -0.2) is 15.0 Å². The molecule has 1 N–H and O–H groups in total. The Kier molecular flexibility index (Phi) is 9.65. The molecule has 0 aliphatic carbocycles. The van der Waals surface area contributed by atoms with Crippen LogP contribution < -0.4 is 4.90 Å². The second-order valence-corrected chi connectivity index (χ2v) is 10.5. The maximum atomic E-state index is 11.3. The molecule has 0 atom stereocenters. The van der Waals surface area contributed by atoms with E-state index in [9.17, 15) is 9.90 Å². The van der Waals surface area contributed by atoms with Crippen LogP contribution in [0.25, 0.3) is 0 Å². The summed E-state index contributed by atoms with van der Waals surface area (Å²) in [7, 11) is 0. The van der Waals surface area contributed by atoms with Crippen molar-refractivity contribution in [2.75, 3.05) is 18.0 Å². The highest BCUT2D eigenvalue weighted by atomic mass is 35.5. The first-order valence-electron chi connectivity index (χ1n) is 9.91. The highest BCUT2D eigenvalue weighted by Crippen LogP contribution is 2.34. The third kappa shape index (κ3) is 8.10. The molecule has 2 heterocycles. The predicted molar refractivity (Wildman–Crippen MR) is 121 cm³/mol. The molecule has 0 aliphatic rings. The summed E-state index contributed by atoms with van der Waals surface area (Å²) in [5.74, 6) is -0.00790. The Bertz CT molecular complexity index is 785. The first-order chi connectivity index (χ1) is 13.8. The number of unbranched alkanes of at least 4 members (excludes halogenated alkanes) is 4. The van der Waals surface area contributed by atoms with Crippen molar-refractivity contribution in [1.29, 1.82) is 0 Å². The number of halogens is 1. The minimum atomic E-state index is -0.892. The summed E-state index contributed by atoms with van der Waals surface area (Å²) in [5, 5.41) is 11.7. The number of anilines is 1. The molecular weight excluding hydrogens is 428 g/mol. The summed E-state index contributed by atoms with van der Waals surface area (Å²) in [6, 6.07) is 1.80. The number of hydrogen-bond acceptors (Lipinski definition) is 7. The van der Waals surface area contributed by atoms with Crippen LogP contribution in [0.1, 0.15) is 58.6 Å². The second-order valence-electron chi connectivity index (χ2n) is 7.37. The molecule has 160 valence electrons. The zero-order valence-corrected chi connectivity index (χ0v) is 19.6. The van der Waals surface area contributed by atoms with E-state index in [1.54, 1.807) is 19.9 Å². The van der Waals surface area contributed by atoms with Gasteiger partial charge in [0.2, 0.25) is 0 Å². The molecular formula is C20H29ClN4O2S2. The number of carboxylic acids is 1. The molecule has 0 fully saturated rings. The van der Waals surface area contributed by atoms with Gasteiger partial charge in [-0.15, -0.1) is 11.3 Å². The highest BCUT2D eigenvalue weighted by Gasteiger charge is 2.29. The van der Waals surface area contributed by atoms with Gasteiger partial charge in [0.1, 0.15) is 22.0 Å². The zero-order chi connectivity index (χ0) is 21.3. The number of carbonyl (C=O) groups is 1. The molecule has 29 heavy (non-hydrogen) atoms. The van der Waals surface area contributed by atoms with Crippen molar-refractivity contribution in [3.8, 4) is 0 Å². The number of nitrogens with zero attached hydrogens (tertiary/aromatic N) is 4. The number of aromatic nitrogens is 3. The number of carboxylic acid groups (broad SMARTS) is 1. The van der Waals surface area contributed by atoms with E-state index in [1.165, 1.54) is 55.1 Å². The first kappa shape index (κ1) is 23.9. The van der Waals surface area contributed by atoms with Gasteiger partial charge in [0.15, 0.2) is 4.34 Å². The summed E-state index contributed by atoms with van der Waals surface area (Å²) in [4.78, 5) is 26.5. The van der Waals surface area contributed by atoms with E-state index in [0.29, 0.717) is 5.15 Å². The molecule has 0 aliphatic heterocycles. The topological polar surface area (TPSA) is 79.2 Å². The van der Waals surface area contributed by atoms with Crippen LogP contribution in [0.15, 0.2) is 22.1 Å². The van der Waals surface area contributed by atoms with E-state index in [-0.39, 0.29) is 0 Å². The van der Waals surface area contributed by atoms with Crippen molar-refractivity contribution < 1.29 is 9.90 Å². The lowest BCUT2D eigenvalue weighted by Gasteiger charge is -2.23. The molecule has 2 aromatic rings. The third-order valence-electron chi connectivity index (χ3n) is 4.50. The van der Waals surface area contributed by atoms with E-state index in [2.05, 4.69) is 26.8 Å². The predicted octanol–water partition coefficient (Wildman–Crippen LogP) is 5.56. The molecule has 9 heteroatoms. The molecule has 0 saturated carbocycles. The lowest BCUT2D eigenvalue weighted by Crippen LogP contribution is -2.28. The van der Waals surface area contributed by atoms with Gasteiger partial charge in [0.25, 0.3) is 0 Å². The Hall–Kier alpha value is -1.38. The van der Waals surface area contributed by atoms with Crippen LogP contribution in [0.5, 0.6) is 0 Å². The van der Waals surface area contributed by atoms with Gasteiger partial charge in [-0.2, -0.15) is 0 Å². The van der Waals surface area contributed by atoms with Crippen LogP contribution in [-0.2, 0) is 11.2 Å². The van der Waals surface area contributed by atoms with E-state index in [1.807, 2.05) is 5.38 Å². The van der Waals surface area contributed by atoms with Crippen LogP contribution in [0.2, 0.25) is 5.15 Å². The van der Waals surface area contributed by atoms with Gasteiger partial charge in [0.05, 0.1) is 5.69 Å². The summed E-state index contributed by atoms with van der Waals surface area (Å²) >= 11 is 8.84. The Morgan fingerprint density at radius 1 is 1.24 bits per heavy atom. The van der Waals surface area contributed by atoms with Crippen molar-refractivity contribution in [2.24, 2.45) is 0 Å². The lowest BCUT2D eigenvalue weighted by molar-refractivity contribution is -0.138. The molecule has 2 rings (SSSR count). The highest BCUT2D eigenvalue weighted by molar-refractivity contribution is 8.02. The van der Waals surface area contributed by atoms with E-state index >= 15 is 0 Å². The Morgan fingerprint density at radius 3 is 2.69 bits per heavy atom. The van der Waals surface area contributed by atoms with Crippen LogP contribution in [-0.4, -0.2) is 43.9 Å². The summed E-state index contributed by atoms with van der Waals surface area (Å²) in [6.45, 7) is 7.29. The van der Waals surface area contributed by atoms with Crippen molar-refractivity contribution in [1.82, 2.24) is 15.0 Å². The second kappa shape index (κ2) is 11.7. The molecule has 0 bridgehead atoms. The Balaban J connectivity index is 1.97. The largest absolute Gasteiger partial charge is 0.480 e. The molecule has 0 radical (unpaired) electrons. The van der Waals surface area contributed by atoms with E-state index < -0.39 is 10.7 Å². The molecule has 0 unspecified atom stereocenters. The fourth-order valence-corrected chi connectivity index (χ4v) is 5.07. The number of hydrogen-bond donors (Lipinski definition) is 1. The van der Waals surface area contributed by atoms with Crippen LogP contribution in [0, 0.1) is 0 Å². The van der Waals surface area contributed by atoms with Gasteiger partial charge < -0.3 is 10.0 Å². The number of thioether (sulfide) groups is 1. The number of aliphatic carboxylic acids is 1. The summed E-state index contributed by atoms with van der Waals surface area (Å²) in [5.41, 5.74) is 0.967. The maximum absolute atomic E-state index is 11.3. The molecule has 0 amide bonds. The normalized spacial score (nSPS) is 11.6. The smallest absolute Gasteiger partial charge is 0.319 e. The van der Waals surface area contributed by atoms with Crippen molar-refractivity contribution in [2.45, 2.75) is 68.4 Å². The average molecular weight is 457 g/mol. The SMILES string of the molecule is CCCCCCCN(CCc1csc(SC(C)(C)C(=O)O)n1)c1cc(Cl)ncn1. The number of rotatable bonds is 13.